The molecular formula is C28H29NO6. The van der Waals surface area contributed by atoms with Gasteiger partial charge in [-0.2, -0.15) is 0 Å². The highest BCUT2D eigenvalue weighted by Crippen LogP contribution is 2.69. The van der Waals surface area contributed by atoms with Crippen LogP contribution in [0, 0.1) is 0 Å². The summed E-state index contributed by atoms with van der Waals surface area (Å²) in [5, 5.41) is 24.7. The van der Waals surface area contributed by atoms with Gasteiger partial charge < -0.3 is 29.3 Å². The molecule has 5 rings (SSSR count). The van der Waals surface area contributed by atoms with Gasteiger partial charge in [-0.25, -0.2) is 0 Å². The maximum Gasteiger partial charge on any atom is 0.219 e. The largest absolute Gasteiger partial charge is 0.496 e. The van der Waals surface area contributed by atoms with Crippen molar-refractivity contribution in [3.05, 3.63) is 89.5 Å². The van der Waals surface area contributed by atoms with Crippen LogP contribution >= 0.6 is 0 Å². The summed E-state index contributed by atoms with van der Waals surface area (Å²) in [6, 6.07) is 21.5. The lowest BCUT2D eigenvalue weighted by Gasteiger charge is -2.41. The molecule has 0 aromatic heterocycles. The van der Waals surface area contributed by atoms with E-state index in [2.05, 4.69) is 0 Å². The van der Waals surface area contributed by atoms with Crippen molar-refractivity contribution in [2.45, 2.75) is 36.2 Å². The fraction of sp³-hybridized carbons (Fsp3) is 0.321. The van der Waals surface area contributed by atoms with Gasteiger partial charge in [0.1, 0.15) is 23.4 Å². The Labute approximate surface area is 204 Å². The normalized spacial score (nSPS) is 28.6. The fourth-order valence-electron chi connectivity index (χ4n) is 5.96. The van der Waals surface area contributed by atoms with Crippen molar-refractivity contribution in [3.8, 4) is 17.2 Å². The SMILES string of the molecule is COc1cc(OC)c2c(c1)O[C@@]1(c3ccccc3)[C@H](c3ccccc3)[C@@H](N(C)C(C)=O)[C@@H](O)[C@@]21O. The van der Waals surface area contributed by atoms with Crippen LogP contribution in [0.25, 0.3) is 0 Å². The first-order valence-electron chi connectivity index (χ1n) is 11.5. The van der Waals surface area contributed by atoms with Gasteiger partial charge in [-0.3, -0.25) is 4.79 Å². The van der Waals surface area contributed by atoms with Crippen molar-refractivity contribution in [2.24, 2.45) is 0 Å². The van der Waals surface area contributed by atoms with Crippen molar-refractivity contribution >= 4 is 5.91 Å². The minimum absolute atomic E-state index is 0.233. The molecule has 35 heavy (non-hydrogen) atoms. The smallest absolute Gasteiger partial charge is 0.219 e. The minimum Gasteiger partial charge on any atom is -0.496 e. The van der Waals surface area contributed by atoms with Gasteiger partial charge in [0.15, 0.2) is 11.2 Å². The third kappa shape index (κ3) is 3.01. The van der Waals surface area contributed by atoms with Gasteiger partial charge in [0.05, 0.1) is 31.7 Å². The van der Waals surface area contributed by atoms with Crippen molar-refractivity contribution in [2.75, 3.05) is 21.3 Å². The molecule has 7 heteroatoms. The molecule has 1 saturated carbocycles. The number of rotatable bonds is 5. The Bertz CT molecular complexity index is 1250. The minimum atomic E-state index is -1.95. The molecule has 1 fully saturated rings. The Hall–Kier alpha value is -3.55. The zero-order valence-electron chi connectivity index (χ0n) is 20.1. The fourth-order valence-corrected chi connectivity index (χ4v) is 5.96. The number of likely N-dealkylation sites (N-methyl/N-ethyl adjacent to an activating group) is 1. The summed E-state index contributed by atoms with van der Waals surface area (Å²) in [6.07, 6.45) is -1.40. The number of aliphatic hydroxyl groups is 2. The summed E-state index contributed by atoms with van der Waals surface area (Å²) in [4.78, 5) is 14.1. The summed E-state index contributed by atoms with van der Waals surface area (Å²) in [7, 11) is 4.68. The Balaban J connectivity index is 1.89. The Kier molecular flexibility index (Phi) is 5.49. The lowest BCUT2D eigenvalue weighted by Crippen LogP contribution is -2.52. The van der Waals surface area contributed by atoms with Gasteiger partial charge in [0.2, 0.25) is 5.91 Å². The predicted molar refractivity (Wildman–Crippen MR) is 130 cm³/mol. The zero-order chi connectivity index (χ0) is 25.0. The standard InChI is InChI=1S/C28H29NO6/c1-17(30)29(2)25-23(18-11-7-5-8-12-18)28(19-13-9-6-10-14-19)27(32,26(25)31)24-21(34-4)15-20(33-3)16-22(24)35-28/h5-16,23,25-26,31-32H,1-4H3/t23-,25-,26-,27+,28+/m1/s1. The number of methoxy groups -OCH3 is 2. The van der Waals surface area contributed by atoms with Crippen LogP contribution in [0.1, 0.15) is 29.5 Å². The zero-order valence-corrected chi connectivity index (χ0v) is 20.1. The van der Waals surface area contributed by atoms with Crippen LogP contribution in [0.5, 0.6) is 17.2 Å². The number of nitrogens with zero attached hydrogens (tertiary/aromatic N) is 1. The summed E-state index contributed by atoms with van der Waals surface area (Å²) in [5.74, 6) is 0.329. The number of hydrogen-bond donors (Lipinski definition) is 2. The van der Waals surface area contributed by atoms with Gasteiger partial charge in [0, 0.05) is 26.1 Å². The Morgan fingerprint density at radius 1 is 1.00 bits per heavy atom. The van der Waals surface area contributed by atoms with Crippen LogP contribution in [0.4, 0.5) is 0 Å². The predicted octanol–water partition coefficient (Wildman–Crippen LogP) is 3.18. The average Bonchev–Trinajstić information content (AvgIpc) is 3.26. The number of hydrogen-bond acceptors (Lipinski definition) is 6. The van der Waals surface area contributed by atoms with Crippen molar-refractivity contribution in [1.82, 2.24) is 4.90 Å². The van der Waals surface area contributed by atoms with Crippen LogP contribution in [-0.2, 0) is 16.0 Å². The van der Waals surface area contributed by atoms with Crippen LogP contribution in [0.2, 0.25) is 0 Å². The first kappa shape index (κ1) is 23.2. The monoisotopic (exact) mass is 475 g/mol. The van der Waals surface area contributed by atoms with E-state index in [-0.39, 0.29) is 5.91 Å². The van der Waals surface area contributed by atoms with E-state index in [0.29, 0.717) is 28.4 Å². The maximum atomic E-state index is 12.7. The molecule has 1 heterocycles. The van der Waals surface area contributed by atoms with E-state index in [1.807, 2.05) is 60.7 Å². The number of benzene rings is 3. The topological polar surface area (TPSA) is 88.5 Å². The molecule has 7 nitrogen and oxygen atoms in total. The molecule has 1 aliphatic heterocycles. The van der Waals surface area contributed by atoms with E-state index in [9.17, 15) is 15.0 Å². The van der Waals surface area contributed by atoms with Crippen LogP contribution in [0.3, 0.4) is 0 Å². The lowest BCUT2D eigenvalue weighted by atomic mass is 9.71. The molecule has 0 spiro atoms. The summed E-state index contributed by atoms with van der Waals surface area (Å²) < 4.78 is 17.9. The second kappa shape index (κ2) is 8.29. The third-order valence-electron chi connectivity index (χ3n) is 7.55. The van der Waals surface area contributed by atoms with Crippen LogP contribution in [0.15, 0.2) is 72.8 Å². The first-order chi connectivity index (χ1) is 16.8. The van der Waals surface area contributed by atoms with Gasteiger partial charge in [0.25, 0.3) is 0 Å². The Morgan fingerprint density at radius 2 is 1.63 bits per heavy atom. The highest BCUT2D eigenvalue weighted by molar-refractivity contribution is 5.74. The maximum absolute atomic E-state index is 12.7. The number of ether oxygens (including phenoxy) is 3. The van der Waals surface area contributed by atoms with E-state index in [4.69, 9.17) is 14.2 Å². The lowest BCUT2D eigenvalue weighted by molar-refractivity contribution is -0.154. The molecule has 0 radical (unpaired) electrons. The van der Waals surface area contributed by atoms with E-state index < -0.39 is 29.3 Å². The molecule has 5 atom stereocenters. The second-order valence-corrected chi connectivity index (χ2v) is 9.13. The van der Waals surface area contributed by atoms with E-state index >= 15 is 0 Å². The van der Waals surface area contributed by atoms with E-state index in [1.165, 1.54) is 26.0 Å². The summed E-state index contributed by atoms with van der Waals surface area (Å²) in [6.45, 7) is 1.45. The van der Waals surface area contributed by atoms with Crippen LogP contribution in [-0.4, -0.2) is 54.4 Å². The van der Waals surface area contributed by atoms with Gasteiger partial charge >= 0.3 is 0 Å². The van der Waals surface area contributed by atoms with E-state index in [0.717, 1.165) is 5.56 Å². The molecule has 2 N–H and O–H groups in total. The highest BCUT2D eigenvalue weighted by atomic mass is 16.5. The van der Waals surface area contributed by atoms with Crippen LogP contribution < -0.4 is 14.2 Å². The molecule has 0 bridgehead atoms. The number of fused-ring (bicyclic) bond motifs is 3. The van der Waals surface area contributed by atoms with Crippen molar-refractivity contribution in [1.29, 1.82) is 0 Å². The number of carbonyl (C=O) groups is 1. The van der Waals surface area contributed by atoms with Gasteiger partial charge in [-0.1, -0.05) is 60.7 Å². The molecule has 0 unspecified atom stereocenters. The van der Waals surface area contributed by atoms with Gasteiger partial charge in [-0.15, -0.1) is 0 Å². The summed E-state index contributed by atoms with van der Waals surface area (Å²) in [5.41, 5.74) is -1.59. The average molecular weight is 476 g/mol. The number of carbonyl (C=O) groups excluding carboxylic acids is 1. The first-order valence-corrected chi connectivity index (χ1v) is 11.5. The molecular weight excluding hydrogens is 446 g/mol. The van der Waals surface area contributed by atoms with E-state index in [1.54, 1.807) is 19.2 Å². The number of amides is 1. The molecule has 1 aliphatic carbocycles. The Morgan fingerprint density at radius 3 is 2.20 bits per heavy atom. The third-order valence-corrected chi connectivity index (χ3v) is 7.55. The summed E-state index contributed by atoms with van der Waals surface area (Å²) >= 11 is 0. The molecule has 3 aromatic rings. The molecule has 3 aromatic carbocycles. The molecule has 1 amide bonds. The molecule has 2 aliphatic rings. The van der Waals surface area contributed by atoms with Gasteiger partial charge in [-0.05, 0) is 11.1 Å². The highest BCUT2D eigenvalue weighted by Gasteiger charge is 2.77. The quantitative estimate of drug-likeness (QED) is 0.589. The molecule has 0 saturated heterocycles. The van der Waals surface area contributed by atoms with Crippen molar-refractivity contribution < 1.29 is 29.2 Å². The van der Waals surface area contributed by atoms with Crippen molar-refractivity contribution in [3.63, 3.8) is 0 Å². The molecule has 182 valence electrons. The number of aliphatic hydroxyl groups excluding tert-OH is 1. The second-order valence-electron chi connectivity index (χ2n) is 9.13.